The molecular formula is C12H15ClN2O3S. The van der Waals surface area contributed by atoms with Crippen LogP contribution in [0.5, 0.6) is 0 Å². The molecule has 7 heteroatoms. The maximum atomic E-state index is 11.9. The average molecular weight is 303 g/mol. The fraction of sp³-hybridized carbons (Fsp3) is 0.333. The molecule has 1 amide bonds. The van der Waals surface area contributed by atoms with E-state index >= 15 is 0 Å². The number of carbonyl (C=O) groups is 2. The molecule has 0 aliphatic heterocycles. The van der Waals surface area contributed by atoms with Crippen molar-refractivity contribution in [1.82, 2.24) is 0 Å². The number of hydrogen-bond acceptors (Lipinski definition) is 5. The van der Waals surface area contributed by atoms with Crippen LogP contribution in [0.2, 0.25) is 5.02 Å². The van der Waals surface area contributed by atoms with Crippen LogP contribution in [-0.2, 0) is 14.3 Å². The van der Waals surface area contributed by atoms with E-state index in [1.807, 2.05) is 0 Å². The Bertz CT molecular complexity index is 482. The summed E-state index contributed by atoms with van der Waals surface area (Å²) in [4.78, 5) is 22.9. The first-order valence-electron chi connectivity index (χ1n) is 5.48. The zero-order chi connectivity index (χ0) is 14.4. The van der Waals surface area contributed by atoms with E-state index in [-0.39, 0.29) is 17.6 Å². The van der Waals surface area contributed by atoms with Crippen LogP contribution in [0.15, 0.2) is 18.2 Å². The lowest BCUT2D eigenvalue weighted by atomic mass is 10.2. The molecule has 1 atom stereocenters. The van der Waals surface area contributed by atoms with Gasteiger partial charge in [0.15, 0.2) is 0 Å². The summed E-state index contributed by atoms with van der Waals surface area (Å²) in [5.74, 6) is -0.495. The molecule has 104 valence electrons. The number of rotatable bonds is 5. The highest BCUT2D eigenvalue weighted by atomic mass is 35.5. The molecule has 0 aliphatic rings. The zero-order valence-electron chi connectivity index (χ0n) is 10.6. The fourth-order valence-electron chi connectivity index (χ4n) is 1.20. The van der Waals surface area contributed by atoms with Gasteiger partial charge in [-0.1, -0.05) is 11.6 Å². The Kier molecular flexibility index (Phi) is 5.98. The quantitative estimate of drug-likeness (QED) is 0.643. The van der Waals surface area contributed by atoms with E-state index in [9.17, 15) is 9.59 Å². The number of nitrogen functional groups attached to an aromatic ring is 1. The summed E-state index contributed by atoms with van der Waals surface area (Å²) in [6.07, 6.45) is 0. The van der Waals surface area contributed by atoms with Gasteiger partial charge in [-0.2, -0.15) is 0 Å². The van der Waals surface area contributed by atoms with E-state index in [0.29, 0.717) is 16.4 Å². The molecule has 5 nitrogen and oxygen atoms in total. The summed E-state index contributed by atoms with van der Waals surface area (Å²) in [5, 5.41) is 2.75. The highest BCUT2D eigenvalue weighted by Gasteiger charge is 2.16. The van der Waals surface area contributed by atoms with Gasteiger partial charge in [0, 0.05) is 5.02 Å². The minimum Gasteiger partial charge on any atom is -0.468 e. The van der Waals surface area contributed by atoms with Crippen molar-refractivity contribution in [3.63, 3.8) is 0 Å². The van der Waals surface area contributed by atoms with Gasteiger partial charge in [-0.05, 0) is 25.1 Å². The van der Waals surface area contributed by atoms with Crippen molar-refractivity contribution in [3.8, 4) is 0 Å². The largest absolute Gasteiger partial charge is 0.468 e. The van der Waals surface area contributed by atoms with Gasteiger partial charge in [0.2, 0.25) is 5.91 Å². The minimum atomic E-state index is -0.405. The van der Waals surface area contributed by atoms with Gasteiger partial charge in [-0.15, -0.1) is 11.8 Å². The molecule has 0 radical (unpaired) electrons. The first-order valence-corrected chi connectivity index (χ1v) is 6.91. The molecule has 1 rings (SSSR count). The Labute approximate surface area is 120 Å². The molecule has 0 fully saturated rings. The van der Waals surface area contributed by atoms with E-state index in [1.54, 1.807) is 25.1 Å². The Morgan fingerprint density at radius 3 is 2.84 bits per heavy atom. The number of thioether (sulfide) groups is 1. The Morgan fingerprint density at radius 2 is 2.21 bits per heavy atom. The molecule has 3 N–H and O–H groups in total. The number of hydrogen-bond donors (Lipinski definition) is 2. The predicted molar refractivity (Wildman–Crippen MR) is 78.4 cm³/mol. The molecule has 1 aromatic rings. The number of carbonyl (C=O) groups excluding carboxylic acids is 2. The lowest BCUT2D eigenvalue weighted by Gasteiger charge is -2.13. The number of ether oxygens (including phenoxy) is 1. The molecule has 0 saturated heterocycles. The third kappa shape index (κ3) is 5.00. The SMILES string of the molecule is COC(=O)CSC(C)C(=O)Nc1cc(Cl)ccc1N. The Hall–Kier alpha value is -1.40. The topological polar surface area (TPSA) is 81.4 Å². The summed E-state index contributed by atoms with van der Waals surface area (Å²) in [6, 6.07) is 4.83. The number of nitrogens with one attached hydrogen (secondary N) is 1. The van der Waals surface area contributed by atoms with Crippen molar-refractivity contribution in [2.45, 2.75) is 12.2 Å². The molecule has 0 bridgehead atoms. The summed E-state index contributed by atoms with van der Waals surface area (Å²) >= 11 is 7.01. The first-order chi connectivity index (χ1) is 8.93. The van der Waals surface area contributed by atoms with Crippen molar-refractivity contribution < 1.29 is 14.3 Å². The predicted octanol–water partition coefficient (Wildman–Crippen LogP) is 2.16. The van der Waals surface area contributed by atoms with E-state index in [1.165, 1.54) is 18.9 Å². The van der Waals surface area contributed by atoms with Gasteiger partial charge < -0.3 is 15.8 Å². The van der Waals surface area contributed by atoms with Crippen molar-refractivity contribution in [1.29, 1.82) is 0 Å². The van der Waals surface area contributed by atoms with E-state index in [0.717, 1.165) is 0 Å². The van der Waals surface area contributed by atoms with Gasteiger partial charge in [0.25, 0.3) is 0 Å². The summed E-state index contributed by atoms with van der Waals surface area (Å²) < 4.78 is 4.50. The normalized spacial score (nSPS) is 11.7. The van der Waals surface area contributed by atoms with Crippen LogP contribution < -0.4 is 11.1 Å². The van der Waals surface area contributed by atoms with E-state index in [2.05, 4.69) is 10.1 Å². The Balaban J connectivity index is 2.58. The maximum Gasteiger partial charge on any atom is 0.315 e. The highest BCUT2D eigenvalue weighted by molar-refractivity contribution is 8.01. The molecule has 0 spiro atoms. The molecule has 19 heavy (non-hydrogen) atoms. The first kappa shape index (κ1) is 15.7. The summed E-state index contributed by atoms with van der Waals surface area (Å²) in [7, 11) is 1.31. The van der Waals surface area contributed by atoms with E-state index < -0.39 is 5.25 Å². The van der Waals surface area contributed by atoms with Crippen LogP contribution in [0.25, 0.3) is 0 Å². The van der Waals surface area contributed by atoms with Crippen LogP contribution in [0, 0.1) is 0 Å². The van der Waals surface area contributed by atoms with Crippen molar-refractivity contribution in [2.75, 3.05) is 23.9 Å². The third-order valence-electron chi connectivity index (χ3n) is 2.32. The second-order valence-electron chi connectivity index (χ2n) is 3.75. The van der Waals surface area contributed by atoms with Crippen LogP contribution in [0.1, 0.15) is 6.92 Å². The van der Waals surface area contributed by atoms with Gasteiger partial charge >= 0.3 is 5.97 Å². The molecular weight excluding hydrogens is 288 g/mol. The van der Waals surface area contributed by atoms with Crippen molar-refractivity contribution >= 4 is 46.6 Å². The van der Waals surface area contributed by atoms with Gasteiger partial charge in [0.05, 0.1) is 29.5 Å². The van der Waals surface area contributed by atoms with Crippen LogP contribution >= 0.6 is 23.4 Å². The number of halogens is 1. The van der Waals surface area contributed by atoms with Gasteiger partial charge in [-0.3, -0.25) is 9.59 Å². The third-order valence-corrected chi connectivity index (χ3v) is 3.67. The van der Waals surface area contributed by atoms with E-state index in [4.69, 9.17) is 17.3 Å². The highest BCUT2D eigenvalue weighted by Crippen LogP contribution is 2.24. The Morgan fingerprint density at radius 1 is 1.53 bits per heavy atom. The van der Waals surface area contributed by atoms with Crippen LogP contribution in [-0.4, -0.2) is 30.0 Å². The molecule has 0 aliphatic carbocycles. The average Bonchev–Trinajstić information content (AvgIpc) is 2.39. The van der Waals surface area contributed by atoms with Gasteiger partial charge in [0.1, 0.15) is 0 Å². The number of benzene rings is 1. The van der Waals surface area contributed by atoms with Crippen molar-refractivity contribution in [2.24, 2.45) is 0 Å². The fourth-order valence-corrected chi connectivity index (χ4v) is 2.09. The lowest BCUT2D eigenvalue weighted by Crippen LogP contribution is -2.24. The molecule has 1 unspecified atom stereocenters. The summed E-state index contributed by atoms with van der Waals surface area (Å²) in [5.41, 5.74) is 6.62. The van der Waals surface area contributed by atoms with Gasteiger partial charge in [-0.25, -0.2) is 0 Å². The summed E-state index contributed by atoms with van der Waals surface area (Å²) in [6.45, 7) is 1.70. The second-order valence-corrected chi connectivity index (χ2v) is 5.52. The smallest absolute Gasteiger partial charge is 0.315 e. The van der Waals surface area contributed by atoms with Crippen LogP contribution in [0.4, 0.5) is 11.4 Å². The number of methoxy groups -OCH3 is 1. The molecule has 1 aromatic carbocycles. The molecule has 0 saturated carbocycles. The zero-order valence-corrected chi connectivity index (χ0v) is 12.2. The molecule has 0 aromatic heterocycles. The number of amides is 1. The maximum absolute atomic E-state index is 11.9. The lowest BCUT2D eigenvalue weighted by molar-refractivity contribution is -0.137. The van der Waals surface area contributed by atoms with Crippen LogP contribution in [0.3, 0.4) is 0 Å². The van der Waals surface area contributed by atoms with Crippen molar-refractivity contribution in [3.05, 3.63) is 23.2 Å². The second kappa shape index (κ2) is 7.25. The standard InChI is InChI=1S/C12H15ClN2O3S/c1-7(19-6-11(16)18-2)12(17)15-10-5-8(13)3-4-9(10)14/h3-5,7H,6,14H2,1-2H3,(H,15,17). The number of nitrogens with two attached hydrogens (primary N) is 1. The monoisotopic (exact) mass is 302 g/mol. The number of anilines is 2. The number of esters is 1. The molecule has 0 heterocycles. The minimum absolute atomic E-state index is 0.121.